The molecule has 0 aliphatic rings. The van der Waals surface area contributed by atoms with E-state index in [2.05, 4.69) is 15.0 Å². The minimum absolute atomic E-state index is 0.0427. The van der Waals surface area contributed by atoms with E-state index >= 15 is 0 Å². The van der Waals surface area contributed by atoms with Crippen molar-refractivity contribution in [3.8, 4) is 0 Å². The monoisotopic (exact) mass is 178 g/mol. The number of hydrogen-bond donors (Lipinski definition) is 1. The Hall–Kier alpha value is -2.07. The third-order valence-electron chi connectivity index (χ3n) is 1.40. The van der Waals surface area contributed by atoms with Crippen molar-refractivity contribution in [3.63, 3.8) is 0 Å². The van der Waals surface area contributed by atoms with Crippen molar-refractivity contribution in [1.82, 2.24) is 4.98 Å². The third-order valence-corrected chi connectivity index (χ3v) is 1.40. The Labute approximate surface area is 73.5 Å². The second kappa shape index (κ2) is 4.08. The van der Waals surface area contributed by atoms with Crippen LogP contribution in [0.5, 0.6) is 0 Å². The minimum atomic E-state index is -1.07. The van der Waals surface area contributed by atoms with E-state index in [-0.39, 0.29) is 17.8 Å². The van der Waals surface area contributed by atoms with Crippen LogP contribution in [0.25, 0.3) is 10.4 Å². The summed E-state index contributed by atoms with van der Waals surface area (Å²) < 4.78 is 0. The summed E-state index contributed by atoms with van der Waals surface area (Å²) in [5, 5.41) is 11.9. The Bertz CT molecular complexity index is 371. The minimum Gasteiger partial charge on any atom is -0.478 e. The predicted molar refractivity (Wildman–Crippen MR) is 44.0 cm³/mol. The molecule has 0 aromatic carbocycles. The Morgan fingerprint density at radius 2 is 2.54 bits per heavy atom. The molecule has 6 heteroatoms. The van der Waals surface area contributed by atoms with Crippen molar-refractivity contribution in [2.24, 2.45) is 5.11 Å². The quantitative estimate of drug-likeness (QED) is 0.432. The van der Waals surface area contributed by atoms with Gasteiger partial charge in [-0.25, -0.2) is 4.79 Å². The molecule has 0 spiro atoms. The number of aromatic carboxylic acids is 1. The van der Waals surface area contributed by atoms with Crippen LogP contribution >= 0.6 is 0 Å². The fourth-order valence-electron chi connectivity index (χ4n) is 0.857. The SMILES string of the molecule is [N-]=[N+]=NCc1ncccc1C(=O)O. The smallest absolute Gasteiger partial charge is 0.337 e. The molecule has 13 heavy (non-hydrogen) atoms. The molecule has 0 unspecified atom stereocenters. The summed E-state index contributed by atoms with van der Waals surface area (Å²) in [5.41, 5.74) is 8.38. The molecule has 1 aromatic heterocycles. The van der Waals surface area contributed by atoms with Gasteiger partial charge in [0.2, 0.25) is 0 Å². The molecular weight excluding hydrogens is 172 g/mol. The lowest BCUT2D eigenvalue weighted by molar-refractivity contribution is 0.0695. The normalized spacial score (nSPS) is 8.92. The summed E-state index contributed by atoms with van der Waals surface area (Å²) in [5.74, 6) is -1.07. The number of carboxylic acid groups (broad SMARTS) is 1. The summed E-state index contributed by atoms with van der Waals surface area (Å²) >= 11 is 0. The Morgan fingerprint density at radius 3 is 3.15 bits per heavy atom. The van der Waals surface area contributed by atoms with E-state index in [0.29, 0.717) is 0 Å². The van der Waals surface area contributed by atoms with E-state index < -0.39 is 5.97 Å². The van der Waals surface area contributed by atoms with Gasteiger partial charge in [-0.05, 0) is 17.7 Å². The molecule has 66 valence electrons. The van der Waals surface area contributed by atoms with Gasteiger partial charge >= 0.3 is 5.97 Å². The lowest BCUT2D eigenvalue weighted by Crippen LogP contribution is -2.03. The van der Waals surface area contributed by atoms with Gasteiger partial charge in [0, 0.05) is 11.1 Å². The van der Waals surface area contributed by atoms with Crippen molar-refractivity contribution in [2.45, 2.75) is 6.54 Å². The van der Waals surface area contributed by atoms with Crippen LogP contribution in [0.1, 0.15) is 16.1 Å². The van der Waals surface area contributed by atoms with E-state index in [0.717, 1.165) is 0 Å². The Morgan fingerprint density at radius 1 is 1.77 bits per heavy atom. The topological polar surface area (TPSA) is 99.0 Å². The number of carbonyl (C=O) groups is 1. The molecule has 0 bridgehead atoms. The molecule has 0 saturated carbocycles. The van der Waals surface area contributed by atoms with Crippen molar-refractivity contribution in [3.05, 3.63) is 40.0 Å². The van der Waals surface area contributed by atoms with Crippen molar-refractivity contribution >= 4 is 5.97 Å². The van der Waals surface area contributed by atoms with E-state index in [4.69, 9.17) is 10.6 Å². The van der Waals surface area contributed by atoms with E-state index in [9.17, 15) is 4.79 Å². The maximum atomic E-state index is 10.6. The highest BCUT2D eigenvalue weighted by Crippen LogP contribution is 2.06. The fourth-order valence-corrected chi connectivity index (χ4v) is 0.857. The highest BCUT2D eigenvalue weighted by Gasteiger charge is 2.08. The van der Waals surface area contributed by atoms with Gasteiger partial charge in [0.15, 0.2) is 0 Å². The predicted octanol–water partition coefficient (Wildman–Crippen LogP) is 1.59. The Kier molecular flexibility index (Phi) is 2.83. The molecule has 0 saturated heterocycles. The van der Waals surface area contributed by atoms with Crippen LogP contribution in [0, 0.1) is 0 Å². The maximum Gasteiger partial charge on any atom is 0.337 e. The largest absolute Gasteiger partial charge is 0.478 e. The molecule has 0 aliphatic heterocycles. The summed E-state index contributed by atoms with van der Waals surface area (Å²) in [7, 11) is 0. The zero-order valence-corrected chi connectivity index (χ0v) is 6.58. The molecule has 0 aliphatic carbocycles. The van der Waals surface area contributed by atoms with Crippen LogP contribution in [0.15, 0.2) is 23.4 Å². The number of carboxylic acids is 1. The van der Waals surface area contributed by atoms with Gasteiger partial charge in [-0.15, -0.1) is 0 Å². The highest BCUT2D eigenvalue weighted by atomic mass is 16.4. The van der Waals surface area contributed by atoms with Crippen molar-refractivity contribution in [1.29, 1.82) is 0 Å². The third kappa shape index (κ3) is 2.18. The number of nitrogens with zero attached hydrogens (tertiary/aromatic N) is 4. The molecule has 0 fully saturated rings. The Balaban J connectivity index is 3.04. The van der Waals surface area contributed by atoms with Gasteiger partial charge in [0.25, 0.3) is 0 Å². The number of hydrogen-bond acceptors (Lipinski definition) is 3. The summed E-state index contributed by atoms with van der Waals surface area (Å²) in [6.07, 6.45) is 1.45. The molecular formula is C7H6N4O2. The zero-order valence-electron chi connectivity index (χ0n) is 6.58. The molecule has 0 atom stereocenters. The van der Waals surface area contributed by atoms with Gasteiger partial charge < -0.3 is 5.11 Å². The average Bonchev–Trinajstić information content (AvgIpc) is 2.15. The highest BCUT2D eigenvalue weighted by molar-refractivity contribution is 5.88. The van der Waals surface area contributed by atoms with Gasteiger partial charge in [0.1, 0.15) is 0 Å². The van der Waals surface area contributed by atoms with E-state index in [1.807, 2.05) is 0 Å². The van der Waals surface area contributed by atoms with Crippen molar-refractivity contribution in [2.75, 3.05) is 0 Å². The lowest BCUT2D eigenvalue weighted by atomic mass is 10.2. The number of azide groups is 1. The van der Waals surface area contributed by atoms with Gasteiger partial charge in [0.05, 0.1) is 17.8 Å². The first-order valence-corrected chi connectivity index (χ1v) is 3.43. The van der Waals surface area contributed by atoms with Gasteiger partial charge in [-0.2, -0.15) is 0 Å². The van der Waals surface area contributed by atoms with Crippen LogP contribution in [0.2, 0.25) is 0 Å². The van der Waals surface area contributed by atoms with Crippen LogP contribution in [0.3, 0.4) is 0 Å². The molecule has 1 aromatic rings. The van der Waals surface area contributed by atoms with Crippen LogP contribution in [0.4, 0.5) is 0 Å². The molecule has 0 amide bonds. The molecule has 1 heterocycles. The number of rotatable bonds is 3. The second-order valence-electron chi connectivity index (χ2n) is 2.19. The lowest BCUT2D eigenvalue weighted by Gasteiger charge is -1.99. The first-order chi connectivity index (χ1) is 6.25. The van der Waals surface area contributed by atoms with Gasteiger partial charge in [-0.3, -0.25) is 4.98 Å². The first kappa shape index (κ1) is 9.02. The molecule has 0 radical (unpaired) electrons. The zero-order chi connectivity index (χ0) is 9.68. The van der Waals surface area contributed by atoms with Crippen LogP contribution in [-0.4, -0.2) is 16.1 Å². The standard InChI is InChI=1S/C7H6N4O2/c8-11-10-4-6-5(7(12)13)2-1-3-9-6/h1-3H,4H2,(H,12,13). The summed E-state index contributed by atoms with van der Waals surface area (Å²) in [6, 6.07) is 2.93. The van der Waals surface area contributed by atoms with E-state index in [1.165, 1.54) is 18.3 Å². The number of aromatic nitrogens is 1. The molecule has 1 rings (SSSR count). The second-order valence-corrected chi connectivity index (χ2v) is 2.19. The first-order valence-electron chi connectivity index (χ1n) is 3.43. The van der Waals surface area contributed by atoms with Gasteiger partial charge in [-0.1, -0.05) is 5.11 Å². The van der Waals surface area contributed by atoms with Crippen LogP contribution in [-0.2, 0) is 6.54 Å². The summed E-state index contributed by atoms with van der Waals surface area (Å²) in [4.78, 5) is 16.9. The average molecular weight is 178 g/mol. The van der Waals surface area contributed by atoms with E-state index in [1.54, 1.807) is 0 Å². The molecule has 6 nitrogen and oxygen atoms in total. The fraction of sp³-hybridized carbons (Fsp3) is 0.143. The van der Waals surface area contributed by atoms with Crippen LogP contribution < -0.4 is 0 Å². The number of pyridine rings is 1. The van der Waals surface area contributed by atoms with Crippen molar-refractivity contribution < 1.29 is 9.90 Å². The summed E-state index contributed by atoms with van der Waals surface area (Å²) in [6.45, 7) is -0.0427. The maximum absolute atomic E-state index is 10.6. The molecule has 1 N–H and O–H groups in total.